The topological polar surface area (TPSA) is 109 Å². The summed E-state index contributed by atoms with van der Waals surface area (Å²) in [5.41, 5.74) is -0.571. The lowest BCUT2D eigenvalue weighted by atomic mass is 9.84. The normalized spacial score (nSPS) is 16.0. The lowest BCUT2D eigenvalue weighted by Gasteiger charge is -2.48. The molecule has 0 aliphatic heterocycles. The van der Waals surface area contributed by atoms with Gasteiger partial charge in [-0.15, -0.1) is 10.2 Å². The van der Waals surface area contributed by atoms with E-state index in [0.717, 1.165) is 31.6 Å². The second kappa shape index (κ2) is 13.4. The van der Waals surface area contributed by atoms with Gasteiger partial charge in [0.05, 0.1) is 0 Å². The Hall–Kier alpha value is -2.43. The zero-order valence-corrected chi connectivity index (χ0v) is 23.5. The van der Waals surface area contributed by atoms with E-state index in [2.05, 4.69) is 15.5 Å². The molecule has 0 bridgehead atoms. The van der Waals surface area contributed by atoms with E-state index in [1.54, 1.807) is 24.3 Å². The third-order valence-corrected chi connectivity index (χ3v) is 7.51. The fourth-order valence-electron chi connectivity index (χ4n) is 4.56. The van der Waals surface area contributed by atoms with Crippen LogP contribution in [0.5, 0.6) is 0 Å². The Bertz CT molecular complexity index is 1050. The highest BCUT2D eigenvalue weighted by molar-refractivity contribution is 7.99. The number of carbonyl (C=O) groups is 3. The maximum Gasteiger partial charge on any atom is 0.286 e. The number of amides is 2. The van der Waals surface area contributed by atoms with Crippen LogP contribution in [0.4, 0.5) is 0 Å². The van der Waals surface area contributed by atoms with Gasteiger partial charge in [-0.2, -0.15) is 0 Å². The van der Waals surface area contributed by atoms with Crippen molar-refractivity contribution in [3.63, 3.8) is 0 Å². The van der Waals surface area contributed by atoms with E-state index < -0.39 is 17.5 Å². The summed E-state index contributed by atoms with van der Waals surface area (Å²) in [6, 6.07) is 5.72. The standard InChI is InChI=1S/C26H36ClN5O4S/c1-18(2)16-21(22(34)24-29-30-25(36-24)37-15-14-31(3)4)32(17-33)26(12-6-5-7-13-26)28-23(35)19-8-10-20(27)11-9-19/h8-11,17-18,21H,5-7,12-16H2,1-4H3,(H,28,35). The average molecular weight is 550 g/mol. The smallest absolute Gasteiger partial charge is 0.286 e. The molecule has 2 aromatic rings. The molecule has 1 aliphatic rings. The monoisotopic (exact) mass is 549 g/mol. The molecule has 1 fully saturated rings. The van der Waals surface area contributed by atoms with Gasteiger partial charge in [0.15, 0.2) is 0 Å². The van der Waals surface area contributed by atoms with Gasteiger partial charge in [0, 0.05) is 22.9 Å². The molecule has 1 unspecified atom stereocenters. The highest BCUT2D eigenvalue weighted by Crippen LogP contribution is 2.35. The number of hydrogen-bond donors (Lipinski definition) is 1. The van der Waals surface area contributed by atoms with Crippen molar-refractivity contribution in [3.8, 4) is 0 Å². The van der Waals surface area contributed by atoms with Crippen LogP contribution in [0.1, 0.15) is 73.4 Å². The molecule has 37 heavy (non-hydrogen) atoms. The van der Waals surface area contributed by atoms with Crippen molar-refractivity contribution >= 4 is 41.5 Å². The van der Waals surface area contributed by atoms with Crippen LogP contribution in [0.15, 0.2) is 33.9 Å². The molecule has 1 saturated carbocycles. The zero-order valence-electron chi connectivity index (χ0n) is 21.9. The molecule has 1 atom stereocenters. The third-order valence-electron chi connectivity index (χ3n) is 6.46. The molecule has 0 radical (unpaired) electrons. The van der Waals surface area contributed by atoms with E-state index in [1.165, 1.54) is 16.7 Å². The molecular formula is C26H36ClN5O4S. The number of thioether (sulfide) groups is 1. The third kappa shape index (κ3) is 7.78. The van der Waals surface area contributed by atoms with Crippen LogP contribution < -0.4 is 5.32 Å². The molecule has 3 rings (SSSR count). The van der Waals surface area contributed by atoms with E-state index in [1.807, 2.05) is 32.8 Å². The van der Waals surface area contributed by atoms with Crippen molar-refractivity contribution in [1.29, 1.82) is 0 Å². The summed E-state index contributed by atoms with van der Waals surface area (Å²) < 4.78 is 5.70. The summed E-state index contributed by atoms with van der Waals surface area (Å²) >= 11 is 7.37. The summed E-state index contributed by atoms with van der Waals surface area (Å²) in [5.74, 6) is -0.0314. The van der Waals surface area contributed by atoms with E-state index >= 15 is 0 Å². The first kappa shape index (κ1) is 29.1. The molecule has 1 aromatic carbocycles. The van der Waals surface area contributed by atoms with Crippen molar-refractivity contribution in [2.24, 2.45) is 5.92 Å². The number of halogens is 1. The minimum Gasteiger partial charge on any atom is -0.408 e. The van der Waals surface area contributed by atoms with Crippen molar-refractivity contribution in [2.75, 3.05) is 26.4 Å². The number of Topliss-reactive ketones (excluding diaryl/α,β-unsaturated/α-hetero) is 1. The summed E-state index contributed by atoms with van der Waals surface area (Å²) in [6.07, 6.45) is 4.79. The summed E-state index contributed by atoms with van der Waals surface area (Å²) in [6.45, 7) is 4.79. The van der Waals surface area contributed by atoms with Gasteiger partial charge >= 0.3 is 0 Å². The zero-order chi connectivity index (χ0) is 27.0. The van der Waals surface area contributed by atoms with Crippen LogP contribution >= 0.6 is 23.4 Å². The maximum atomic E-state index is 13.7. The van der Waals surface area contributed by atoms with Crippen LogP contribution in [0.3, 0.4) is 0 Å². The molecule has 1 aromatic heterocycles. The predicted molar refractivity (Wildman–Crippen MR) is 144 cm³/mol. The quantitative estimate of drug-likeness (QED) is 0.168. The fraction of sp³-hybridized carbons (Fsp3) is 0.577. The SMILES string of the molecule is CC(C)CC(C(=O)c1nnc(SCCN(C)C)o1)N(C=O)C1(NC(=O)c2ccc(Cl)cc2)CCCCC1. The number of benzene rings is 1. The molecule has 1 aliphatic carbocycles. The van der Waals surface area contributed by atoms with Crippen LogP contribution in [0, 0.1) is 5.92 Å². The van der Waals surface area contributed by atoms with Gasteiger partial charge in [-0.05, 0) is 76.4 Å². The van der Waals surface area contributed by atoms with Gasteiger partial charge in [0.1, 0.15) is 11.7 Å². The van der Waals surface area contributed by atoms with E-state index in [-0.39, 0.29) is 17.7 Å². The summed E-state index contributed by atoms with van der Waals surface area (Å²) in [5, 5.41) is 12.0. The first-order valence-corrected chi connectivity index (χ1v) is 14.0. The highest BCUT2D eigenvalue weighted by Gasteiger charge is 2.45. The van der Waals surface area contributed by atoms with E-state index in [0.29, 0.717) is 41.5 Å². The molecule has 0 saturated heterocycles. The largest absolute Gasteiger partial charge is 0.408 e. The molecule has 11 heteroatoms. The Morgan fingerprint density at radius 2 is 1.84 bits per heavy atom. The number of hydrogen-bond acceptors (Lipinski definition) is 8. The summed E-state index contributed by atoms with van der Waals surface area (Å²) in [4.78, 5) is 43.2. The van der Waals surface area contributed by atoms with E-state index in [4.69, 9.17) is 16.0 Å². The number of ketones is 1. The molecule has 1 heterocycles. The van der Waals surface area contributed by atoms with Crippen molar-refractivity contribution in [3.05, 3.63) is 40.7 Å². The molecule has 9 nitrogen and oxygen atoms in total. The minimum absolute atomic E-state index is 0.0980. The number of nitrogens with zero attached hydrogens (tertiary/aromatic N) is 4. The molecule has 1 N–H and O–H groups in total. The van der Waals surface area contributed by atoms with E-state index in [9.17, 15) is 14.4 Å². The Balaban J connectivity index is 1.89. The van der Waals surface area contributed by atoms with Crippen LogP contribution in [0.2, 0.25) is 5.02 Å². The Morgan fingerprint density at radius 3 is 2.43 bits per heavy atom. The first-order chi connectivity index (χ1) is 17.6. The second-order valence-corrected chi connectivity index (χ2v) is 11.6. The van der Waals surface area contributed by atoms with Gasteiger partial charge in [0.2, 0.25) is 12.2 Å². The van der Waals surface area contributed by atoms with Crippen molar-refractivity contribution in [2.45, 2.75) is 69.3 Å². The van der Waals surface area contributed by atoms with Crippen molar-refractivity contribution in [1.82, 2.24) is 25.3 Å². The predicted octanol–water partition coefficient (Wildman–Crippen LogP) is 4.52. The van der Waals surface area contributed by atoms with Crippen LogP contribution in [-0.2, 0) is 4.79 Å². The summed E-state index contributed by atoms with van der Waals surface area (Å²) in [7, 11) is 3.95. The lowest BCUT2D eigenvalue weighted by molar-refractivity contribution is -0.129. The Morgan fingerprint density at radius 1 is 1.16 bits per heavy atom. The number of carbonyl (C=O) groups excluding carboxylic acids is 3. The molecule has 202 valence electrons. The van der Waals surface area contributed by atoms with Crippen molar-refractivity contribution < 1.29 is 18.8 Å². The second-order valence-electron chi connectivity index (χ2n) is 10.1. The lowest BCUT2D eigenvalue weighted by Crippen LogP contribution is -2.65. The van der Waals surface area contributed by atoms with Crippen LogP contribution in [0.25, 0.3) is 0 Å². The van der Waals surface area contributed by atoms with Gasteiger partial charge in [-0.25, -0.2) is 0 Å². The number of rotatable bonds is 13. The highest BCUT2D eigenvalue weighted by atomic mass is 35.5. The van der Waals surface area contributed by atoms with Gasteiger partial charge in [0.25, 0.3) is 17.0 Å². The molecule has 0 spiro atoms. The average Bonchev–Trinajstić information content (AvgIpc) is 3.33. The van der Waals surface area contributed by atoms with Crippen LogP contribution in [-0.4, -0.2) is 76.2 Å². The minimum atomic E-state index is -1.00. The maximum absolute atomic E-state index is 13.7. The molecule has 2 amide bonds. The molecular weight excluding hydrogens is 514 g/mol. The van der Waals surface area contributed by atoms with Gasteiger partial charge in [-0.1, -0.05) is 43.6 Å². The first-order valence-electron chi connectivity index (χ1n) is 12.6. The van der Waals surface area contributed by atoms with Gasteiger partial charge < -0.3 is 19.5 Å². The van der Waals surface area contributed by atoms with Gasteiger partial charge in [-0.3, -0.25) is 14.4 Å². The Labute approximate surface area is 227 Å². The Kier molecular flexibility index (Phi) is 10.5. The number of nitrogens with one attached hydrogen (secondary N) is 1. The number of aromatic nitrogens is 2. The fourth-order valence-corrected chi connectivity index (χ4v) is 5.55.